The number of aromatic nitrogens is 2. The van der Waals surface area contributed by atoms with Crippen LogP contribution in [-0.4, -0.2) is 56.7 Å². The van der Waals surface area contributed by atoms with Crippen LogP contribution in [0.1, 0.15) is 60.4 Å². The molecule has 2 aliphatic rings. The number of allylic oxidation sites excluding steroid dienone is 2. The highest BCUT2D eigenvalue weighted by molar-refractivity contribution is 9.16. The lowest BCUT2D eigenvalue weighted by atomic mass is 10.0. The Hall–Kier alpha value is 3.18. The van der Waals surface area contributed by atoms with Crippen molar-refractivity contribution in [2.45, 2.75) is 41.2 Å². The zero-order valence-corrected chi connectivity index (χ0v) is 65.0. The maximum absolute atomic E-state index is 11.8. The fraction of sp³-hybridized carbons (Fsp3) is 0.182. The Morgan fingerprint density at radius 1 is 0.554 bits per heavy atom. The molecule has 0 radical (unpaired) electrons. The number of rotatable bonds is 14. The van der Waals surface area contributed by atoms with Crippen molar-refractivity contribution < 1.29 is 19.5 Å². The van der Waals surface area contributed by atoms with E-state index in [9.17, 15) is 19.5 Å². The van der Waals surface area contributed by atoms with Crippen LogP contribution in [0.5, 0.6) is 0 Å². The highest BCUT2D eigenvalue weighted by atomic mass is 33.2. The molecule has 2 aliphatic heterocycles. The van der Waals surface area contributed by atoms with E-state index in [0.717, 1.165) is 66.3 Å². The van der Waals surface area contributed by atoms with Crippen LogP contribution in [0.25, 0.3) is 11.3 Å². The summed E-state index contributed by atoms with van der Waals surface area (Å²) in [5.74, 6) is 0.0274. The minimum absolute atomic E-state index is 0.00138. The Labute approximate surface area is 482 Å². The summed E-state index contributed by atoms with van der Waals surface area (Å²) in [6, 6.07) is 39.6. The monoisotopic (exact) mass is 1400 g/mol. The topological polar surface area (TPSA) is 114 Å². The minimum Gasteiger partial charge on any atom is -0.505 e. The van der Waals surface area contributed by atoms with E-state index in [1.807, 2.05) is 116 Å². The van der Waals surface area contributed by atoms with Crippen LogP contribution in [0, 0.1) is 6.92 Å². The van der Waals surface area contributed by atoms with Crippen LogP contribution in [0.2, 0.25) is 0 Å². The molecular weight excluding hydrogens is 1330 g/mol. The van der Waals surface area contributed by atoms with Crippen molar-refractivity contribution in [1.82, 2.24) is 9.78 Å². The van der Waals surface area contributed by atoms with Gasteiger partial charge in [-0.15, -0.1) is 116 Å². The Morgan fingerprint density at radius 2 is 0.932 bits per heavy atom. The highest BCUT2D eigenvalue weighted by Crippen LogP contribution is 3.10. The lowest BCUT2D eigenvalue weighted by Gasteiger charge is -2.27. The van der Waals surface area contributed by atoms with E-state index in [4.69, 9.17) is 0 Å². The first-order valence-electron chi connectivity index (χ1n) is 21.8. The van der Waals surface area contributed by atoms with Gasteiger partial charge in [0, 0.05) is 29.2 Å². The van der Waals surface area contributed by atoms with Gasteiger partial charge in [0.25, 0.3) is 0 Å². The van der Waals surface area contributed by atoms with Crippen LogP contribution in [-0.2, 0) is 16.1 Å². The molecule has 0 saturated heterocycles. The molecule has 1 aromatic heterocycles. The fourth-order valence-electron chi connectivity index (χ4n) is 6.70. The average molecular weight is 1400 g/mol. The largest absolute Gasteiger partial charge is 0.505 e. The smallest absolute Gasteiger partial charge is 0.180 e. The molecule has 400 valence electrons. The number of carbonyl (C=O) groups excluding carboxylic acids is 3. The number of hydrogen-bond acceptors (Lipinski definition) is 7. The molecule has 7 rings (SSSR count). The summed E-state index contributed by atoms with van der Waals surface area (Å²) in [5, 5.41) is 14.3. The number of hydrogen-bond donors (Lipinski definition) is 1. The molecule has 3 heterocycles. The lowest BCUT2D eigenvalue weighted by molar-refractivity contribution is -0.114. The lowest BCUT2D eigenvalue weighted by Crippen LogP contribution is -2.05. The van der Waals surface area contributed by atoms with Crippen molar-refractivity contribution in [1.29, 1.82) is 0 Å². The van der Waals surface area contributed by atoms with Crippen LogP contribution >= 0.6 is 181 Å². The van der Waals surface area contributed by atoms with Crippen molar-refractivity contribution in [3.05, 3.63) is 172 Å². The number of aliphatic hydroxyl groups excluding tert-OH is 1. The molecule has 0 amide bonds. The van der Waals surface area contributed by atoms with Gasteiger partial charge >= 0.3 is 0 Å². The molecule has 1 N–H and O–H groups in total. The second kappa shape index (κ2) is 40.4. The van der Waals surface area contributed by atoms with Gasteiger partial charge in [-0.05, 0) is 93.3 Å². The molecule has 0 saturated carbocycles. The molecule has 30 heteroatoms. The quantitative estimate of drug-likeness (QED) is 0.0879. The Kier molecular flexibility index (Phi) is 40.1. The molecule has 0 bridgehead atoms. The second-order valence-electron chi connectivity index (χ2n) is 15.2. The first-order valence-corrected chi connectivity index (χ1v) is 59.1. The highest BCUT2D eigenvalue weighted by Gasteiger charge is 2.24. The van der Waals surface area contributed by atoms with E-state index in [0.29, 0.717) is 37.1 Å². The summed E-state index contributed by atoms with van der Waals surface area (Å²) in [6.07, 6.45) is 0. The van der Waals surface area contributed by atoms with Crippen LogP contribution in [0.3, 0.4) is 0 Å². The molecule has 14 atom stereocenters. The predicted molar refractivity (Wildman–Crippen MR) is 399 cm³/mol. The van der Waals surface area contributed by atoms with Crippen molar-refractivity contribution >= 4 is 210 Å². The summed E-state index contributed by atoms with van der Waals surface area (Å²) in [5.41, 5.74) is 10.4. The molecular formula is C44H70N4O4P22. The first kappa shape index (κ1) is 73.3. The zero-order valence-electron chi connectivity index (χ0n) is 41.8. The third-order valence-electron chi connectivity index (χ3n) is 9.97. The Morgan fingerprint density at radius 3 is 1.26 bits per heavy atom. The zero-order chi connectivity index (χ0) is 55.7. The van der Waals surface area contributed by atoms with Gasteiger partial charge in [0.05, 0.1) is 36.6 Å². The third kappa shape index (κ3) is 25.6. The number of benzene rings is 4. The first-order chi connectivity index (χ1) is 35.0. The van der Waals surface area contributed by atoms with Gasteiger partial charge < -0.3 is 5.11 Å². The Bertz CT molecular complexity index is 2540. The van der Waals surface area contributed by atoms with E-state index in [1.165, 1.54) is 6.92 Å². The van der Waals surface area contributed by atoms with E-state index in [-0.39, 0.29) is 71.6 Å². The summed E-state index contributed by atoms with van der Waals surface area (Å²) < 4.78 is 1.93. The molecule has 5 aromatic rings. The number of aliphatic hydroxyl groups is 1. The summed E-state index contributed by atoms with van der Waals surface area (Å²) >= 11 is 0. The van der Waals surface area contributed by atoms with E-state index >= 15 is 0 Å². The maximum Gasteiger partial charge on any atom is 0.180 e. The van der Waals surface area contributed by atoms with Gasteiger partial charge in [0.15, 0.2) is 17.3 Å². The normalized spacial score (nSPS) is 13.0. The fourth-order valence-corrected chi connectivity index (χ4v) is 154. The van der Waals surface area contributed by atoms with Gasteiger partial charge in [-0.1, -0.05) is 137 Å². The van der Waals surface area contributed by atoms with E-state index in [2.05, 4.69) is 155 Å². The van der Waals surface area contributed by atoms with Crippen molar-refractivity contribution in [3.63, 3.8) is 0 Å². The van der Waals surface area contributed by atoms with E-state index < -0.39 is 0 Å². The maximum atomic E-state index is 11.8. The summed E-state index contributed by atoms with van der Waals surface area (Å²) in [4.78, 5) is 42.9. The molecule has 74 heavy (non-hydrogen) atoms. The third-order valence-corrected chi connectivity index (χ3v) is 104. The molecule has 0 spiro atoms. The van der Waals surface area contributed by atoms with Gasteiger partial charge in [0.2, 0.25) is 0 Å². The van der Waals surface area contributed by atoms with Crippen LogP contribution in [0.15, 0.2) is 154 Å². The Balaban J connectivity index is 0.000000324. The average Bonchev–Trinajstić information content (AvgIpc) is 4.04. The SMILES string of the molecule is CC(=O)C1=C(C)C(c2ccccc2)=NC1.CC(=O)C1=C(O)C(c2ccccc2)=NC1.CC(=O)c1nn(Cc2ccccc2)c(-c2ccccc2)c1C.PP(P)P(P(P)P)P(P)P.PPP.PPP(P(P)P)P(P)P. The van der Waals surface area contributed by atoms with Gasteiger partial charge in [-0.2, -0.15) is 5.10 Å². The molecule has 0 fully saturated rings. The van der Waals surface area contributed by atoms with Gasteiger partial charge in [-0.3, -0.25) is 29.1 Å². The molecule has 14 unspecified atom stereocenters. The second-order valence-corrected chi connectivity index (χ2v) is 86.8. The summed E-state index contributed by atoms with van der Waals surface area (Å²) in [6.45, 7) is 11.3. The standard InChI is InChI=1S/C19H18N2O.C13H13NO.C12H11NO2.H12P10.H11P9.H5P3/c1-14-18(15(2)22)20-21(13-16-9-5-3-6-10-16)19(14)17-11-7-4-8-12-17;1-9-12(10(2)15)8-14-13(9)11-6-4-3-5-7-11;1-8(14)10-7-13-11(12(10)15)9-5-3-2-4-6-9;1-7(2)10(8(3)4)9(5)6;1-6-9(7(2)3)8(4)5;1-3-2/h3-12H,13H2,1-2H3;3-7H,8H2,1-2H3;2-6,15H,7H2,1H3;1-6H2;6H,1-5H2;3H,1-2H2. The van der Waals surface area contributed by atoms with Crippen LogP contribution in [0.4, 0.5) is 0 Å². The predicted octanol–water partition coefficient (Wildman–Crippen LogP) is 19.8. The molecule has 4 aromatic carbocycles. The van der Waals surface area contributed by atoms with Crippen molar-refractivity contribution in [2.75, 3.05) is 13.1 Å². The minimum atomic E-state index is -0.123. The number of nitrogens with zero attached hydrogens (tertiary/aromatic N) is 4. The molecule has 8 nitrogen and oxygen atoms in total. The van der Waals surface area contributed by atoms with Gasteiger partial charge in [0.1, 0.15) is 17.2 Å². The number of Topliss-reactive ketones (excluding diaryl/α,β-unsaturated/α-hetero) is 3. The number of carbonyl (C=O) groups is 3. The molecule has 0 aliphatic carbocycles. The van der Waals surface area contributed by atoms with Crippen molar-refractivity contribution in [3.8, 4) is 11.3 Å². The number of aliphatic imine (C=N–C) groups is 2. The summed E-state index contributed by atoms with van der Waals surface area (Å²) in [7, 11) is 39.4. The van der Waals surface area contributed by atoms with E-state index in [1.54, 1.807) is 13.8 Å². The van der Waals surface area contributed by atoms with Gasteiger partial charge in [-0.25, -0.2) is 0 Å². The van der Waals surface area contributed by atoms with Crippen molar-refractivity contribution in [2.24, 2.45) is 9.98 Å². The van der Waals surface area contributed by atoms with Crippen LogP contribution < -0.4 is 0 Å². The number of ketones is 3.